The number of pyridine rings is 1. The number of fused-ring (bicyclic) bond motifs is 4. The Hall–Kier alpha value is -5.19. The lowest BCUT2D eigenvalue weighted by atomic mass is 10.1. The molecule has 11 heteroatoms. The van der Waals surface area contributed by atoms with Gasteiger partial charge in [0.15, 0.2) is 5.65 Å². The van der Waals surface area contributed by atoms with Gasteiger partial charge in [-0.3, -0.25) is 4.79 Å². The zero-order valence-electron chi connectivity index (χ0n) is 22.4. The second kappa shape index (κ2) is 10.1. The van der Waals surface area contributed by atoms with Crippen molar-refractivity contribution in [1.82, 2.24) is 29.9 Å². The molecule has 2 atom stereocenters. The van der Waals surface area contributed by atoms with Crippen molar-refractivity contribution in [2.75, 3.05) is 29.9 Å². The first-order valence-electron chi connectivity index (χ1n) is 13.5. The Kier molecular flexibility index (Phi) is 6.11. The summed E-state index contributed by atoms with van der Waals surface area (Å²) < 4.78 is 14.1. The molecule has 1 amide bonds. The largest absolute Gasteiger partial charge is 0.488 e. The normalized spacial score (nSPS) is 17.2. The number of anilines is 3. The molecule has 0 spiro atoms. The highest BCUT2D eigenvalue weighted by Gasteiger charge is 2.43. The van der Waals surface area contributed by atoms with Gasteiger partial charge < -0.3 is 25.0 Å². The molecule has 0 bridgehead atoms. The highest BCUT2D eigenvalue weighted by atomic mass is 16.5. The molecule has 1 fully saturated rings. The van der Waals surface area contributed by atoms with Crippen LogP contribution in [-0.4, -0.2) is 56.2 Å². The summed E-state index contributed by atoms with van der Waals surface area (Å²) in [6.07, 6.45) is 7.43. The molecule has 2 aliphatic rings. The molecule has 7 rings (SSSR count). The molecule has 0 radical (unpaired) electrons. The quantitative estimate of drug-likeness (QED) is 0.272. The number of ether oxygens (including phenoxy) is 2. The molecule has 0 saturated heterocycles. The summed E-state index contributed by atoms with van der Waals surface area (Å²) in [5, 5.41) is 11.3. The molecular formula is C30H28N8O3. The van der Waals surface area contributed by atoms with Crippen LogP contribution in [0.4, 0.5) is 17.2 Å². The molecule has 1 unspecified atom stereocenters. The fourth-order valence-corrected chi connectivity index (χ4v) is 5.18. The molecule has 41 heavy (non-hydrogen) atoms. The maximum atomic E-state index is 11.7. The number of aryl methyl sites for hydroxylation is 1. The van der Waals surface area contributed by atoms with Gasteiger partial charge in [0, 0.05) is 55.0 Å². The van der Waals surface area contributed by atoms with Crippen LogP contribution in [0.1, 0.15) is 12.0 Å². The third kappa shape index (κ3) is 4.97. The standard InChI is InChI=1S/C30H28N8O3/c1-3-29(39)31-7-9-37-15-19-11-26(19)41-27-14-23-22(13-24(27)37)30(34-16-32-23)36-20-4-5-25(18(2)10-20)40-21-6-8-38-28(12-21)33-17-35-38/h3-6,8,10,12-14,16-17,19,26H,1,7,9,11,15H2,2H3,(H,31,39)(H,32,34,36)/t19-,26?/m0/s1. The number of nitrogens with zero attached hydrogens (tertiary/aromatic N) is 6. The van der Waals surface area contributed by atoms with Gasteiger partial charge in [0.05, 0.1) is 11.2 Å². The molecule has 2 aromatic carbocycles. The van der Waals surface area contributed by atoms with Gasteiger partial charge in [-0.05, 0) is 55.3 Å². The van der Waals surface area contributed by atoms with Crippen molar-refractivity contribution in [3.05, 3.63) is 79.5 Å². The molecule has 3 aromatic heterocycles. The minimum atomic E-state index is -0.179. The Morgan fingerprint density at radius 2 is 2.10 bits per heavy atom. The first-order chi connectivity index (χ1) is 20.0. The lowest BCUT2D eigenvalue weighted by Crippen LogP contribution is -2.35. The number of aromatic nitrogens is 5. The van der Waals surface area contributed by atoms with Crippen LogP contribution in [0.5, 0.6) is 17.2 Å². The minimum absolute atomic E-state index is 0.179. The zero-order valence-corrected chi connectivity index (χ0v) is 22.4. The van der Waals surface area contributed by atoms with Gasteiger partial charge in [0.1, 0.15) is 41.8 Å². The SMILES string of the molecule is C=CC(=O)NCCN1C[C@@H]2CC2Oc2cc3ncnc(Nc4ccc(Oc5ccn6ncnc6c5)c(C)c4)c3cc21. The lowest BCUT2D eigenvalue weighted by Gasteiger charge is -2.25. The van der Waals surface area contributed by atoms with E-state index in [2.05, 4.69) is 48.2 Å². The van der Waals surface area contributed by atoms with E-state index >= 15 is 0 Å². The van der Waals surface area contributed by atoms with Crippen molar-refractivity contribution < 1.29 is 14.3 Å². The van der Waals surface area contributed by atoms with Crippen LogP contribution in [0.2, 0.25) is 0 Å². The maximum Gasteiger partial charge on any atom is 0.243 e. The fourth-order valence-electron chi connectivity index (χ4n) is 5.18. The Morgan fingerprint density at radius 1 is 1.17 bits per heavy atom. The van der Waals surface area contributed by atoms with Crippen LogP contribution in [-0.2, 0) is 4.79 Å². The summed E-state index contributed by atoms with van der Waals surface area (Å²) in [6.45, 7) is 7.57. The second-order valence-electron chi connectivity index (χ2n) is 10.3. The third-order valence-corrected chi connectivity index (χ3v) is 7.43. The molecule has 2 N–H and O–H groups in total. The van der Waals surface area contributed by atoms with Gasteiger partial charge in [-0.2, -0.15) is 5.10 Å². The van der Waals surface area contributed by atoms with E-state index < -0.39 is 0 Å². The van der Waals surface area contributed by atoms with Crippen molar-refractivity contribution in [1.29, 1.82) is 0 Å². The summed E-state index contributed by atoms with van der Waals surface area (Å²) in [6, 6.07) is 13.7. The monoisotopic (exact) mass is 548 g/mol. The van der Waals surface area contributed by atoms with Crippen LogP contribution in [0.3, 0.4) is 0 Å². The summed E-state index contributed by atoms with van der Waals surface area (Å²) in [5.74, 6) is 3.23. The van der Waals surface area contributed by atoms with E-state index in [1.807, 2.05) is 49.5 Å². The van der Waals surface area contributed by atoms with Crippen LogP contribution < -0.4 is 25.0 Å². The predicted molar refractivity (Wildman–Crippen MR) is 155 cm³/mol. The van der Waals surface area contributed by atoms with Crippen molar-refractivity contribution in [3.63, 3.8) is 0 Å². The topological polar surface area (TPSA) is 119 Å². The van der Waals surface area contributed by atoms with Crippen molar-refractivity contribution in [3.8, 4) is 17.2 Å². The molecule has 5 aromatic rings. The van der Waals surface area contributed by atoms with Gasteiger partial charge in [0.2, 0.25) is 5.91 Å². The van der Waals surface area contributed by atoms with Crippen molar-refractivity contribution >= 4 is 39.6 Å². The maximum absolute atomic E-state index is 11.7. The second-order valence-corrected chi connectivity index (χ2v) is 10.3. The van der Waals surface area contributed by atoms with Gasteiger partial charge >= 0.3 is 0 Å². The van der Waals surface area contributed by atoms with Gasteiger partial charge in [-0.25, -0.2) is 19.5 Å². The Labute approximate surface area is 235 Å². The van der Waals surface area contributed by atoms with E-state index in [1.165, 1.54) is 12.4 Å². The molecular weight excluding hydrogens is 520 g/mol. The summed E-state index contributed by atoms with van der Waals surface area (Å²) in [7, 11) is 0. The third-order valence-electron chi connectivity index (χ3n) is 7.43. The van der Waals surface area contributed by atoms with E-state index in [-0.39, 0.29) is 12.0 Å². The van der Waals surface area contributed by atoms with Gasteiger partial charge in [0.25, 0.3) is 0 Å². The minimum Gasteiger partial charge on any atom is -0.488 e. The van der Waals surface area contributed by atoms with E-state index in [0.29, 0.717) is 30.6 Å². The fraction of sp³-hybridized carbons (Fsp3) is 0.233. The molecule has 1 saturated carbocycles. The van der Waals surface area contributed by atoms with E-state index in [1.54, 1.807) is 10.8 Å². The predicted octanol–water partition coefficient (Wildman–Crippen LogP) is 4.41. The molecule has 11 nitrogen and oxygen atoms in total. The Bertz CT molecular complexity index is 1800. The molecule has 4 heterocycles. The lowest BCUT2D eigenvalue weighted by molar-refractivity contribution is -0.116. The molecule has 1 aliphatic carbocycles. The number of rotatable bonds is 8. The number of hydrogen-bond donors (Lipinski definition) is 2. The summed E-state index contributed by atoms with van der Waals surface area (Å²) >= 11 is 0. The van der Waals surface area contributed by atoms with E-state index in [9.17, 15) is 4.79 Å². The van der Waals surface area contributed by atoms with Crippen LogP contribution in [0.15, 0.2) is 74.0 Å². The highest BCUT2D eigenvalue weighted by molar-refractivity contribution is 5.95. The first-order valence-corrected chi connectivity index (χ1v) is 13.5. The van der Waals surface area contributed by atoms with Crippen LogP contribution >= 0.6 is 0 Å². The number of benzene rings is 2. The van der Waals surface area contributed by atoms with Crippen molar-refractivity contribution in [2.24, 2.45) is 5.92 Å². The molecule has 206 valence electrons. The summed E-state index contributed by atoms with van der Waals surface area (Å²) in [4.78, 5) is 27.3. The highest BCUT2D eigenvalue weighted by Crippen LogP contribution is 2.45. The van der Waals surface area contributed by atoms with Crippen LogP contribution in [0.25, 0.3) is 16.6 Å². The van der Waals surface area contributed by atoms with Crippen molar-refractivity contribution in [2.45, 2.75) is 19.4 Å². The van der Waals surface area contributed by atoms with Gasteiger partial charge in [-0.15, -0.1) is 0 Å². The average molecular weight is 549 g/mol. The Balaban J connectivity index is 1.15. The molecule has 1 aliphatic heterocycles. The summed E-state index contributed by atoms with van der Waals surface area (Å²) in [5.41, 5.74) is 4.32. The van der Waals surface area contributed by atoms with E-state index in [4.69, 9.17) is 9.47 Å². The van der Waals surface area contributed by atoms with Gasteiger partial charge in [-0.1, -0.05) is 6.58 Å². The smallest absolute Gasteiger partial charge is 0.243 e. The average Bonchev–Trinajstić information content (AvgIpc) is 3.56. The number of hydrogen-bond acceptors (Lipinski definition) is 9. The number of amides is 1. The Morgan fingerprint density at radius 3 is 2.98 bits per heavy atom. The number of carbonyl (C=O) groups is 1. The van der Waals surface area contributed by atoms with Crippen LogP contribution in [0, 0.1) is 12.8 Å². The van der Waals surface area contributed by atoms with E-state index in [0.717, 1.165) is 58.0 Å². The first kappa shape index (κ1) is 24.8. The number of nitrogens with one attached hydrogen (secondary N) is 2. The number of carbonyl (C=O) groups excluding carboxylic acids is 1. The zero-order chi connectivity index (χ0) is 27.9.